The van der Waals surface area contributed by atoms with Crippen molar-refractivity contribution in [3.63, 3.8) is 0 Å². The predicted octanol–water partition coefficient (Wildman–Crippen LogP) is 6.75. The molecule has 1 heterocycles. The third-order valence-corrected chi connectivity index (χ3v) is 7.44. The minimum Gasteiger partial charge on any atom is -0.497 e. The Morgan fingerprint density at radius 1 is 1.07 bits per heavy atom. The number of benzene rings is 3. The summed E-state index contributed by atoms with van der Waals surface area (Å²) in [7, 11) is 2.80. The number of anilines is 2. The summed E-state index contributed by atoms with van der Waals surface area (Å²) in [5.74, 6) is -1.19. The van der Waals surface area contributed by atoms with Crippen LogP contribution in [0.1, 0.15) is 41.6 Å². The SMILES string of the molecule is COCc1cc2c(cc1C(F)(F)F)N(C(=O)C(Nc1cc(OC)cc(OCCC(C)C(=O)O)c1)c1ccc(Cl)cc1)CC2. The van der Waals surface area contributed by atoms with Gasteiger partial charge in [-0.3, -0.25) is 9.59 Å². The van der Waals surface area contributed by atoms with Gasteiger partial charge in [0, 0.05) is 48.3 Å². The Labute approximate surface area is 252 Å². The van der Waals surface area contributed by atoms with Crippen LogP contribution in [0.2, 0.25) is 5.02 Å². The molecule has 0 aromatic heterocycles. The number of methoxy groups -OCH3 is 2. The number of amides is 1. The molecule has 43 heavy (non-hydrogen) atoms. The Morgan fingerprint density at radius 2 is 1.77 bits per heavy atom. The lowest BCUT2D eigenvalue weighted by Crippen LogP contribution is -2.37. The monoisotopic (exact) mass is 620 g/mol. The number of carbonyl (C=O) groups excluding carboxylic acids is 1. The van der Waals surface area contributed by atoms with Crippen LogP contribution in [-0.4, -0.2) is 44.4 Å². The number of hydrogen-bond acceptors (Lipinski definition) is 6. The summed E-state index contributed by atoms with van der Waals surface area (Å²) >= 11 is 6.10. The molecule has 0 saturated carbocycles. The average Bonchev–Trinajstić information content (AvgIpc) is 3.38. The molecule has 0 fully saturated rings. The van der Waals surface area contributed by atoms with E-state index in [1.807, 2.05) is 0 Å². The van der Waals surface area contributed by atoms with Crippen molar-refractivity contribution in [2.75, 3.05) is 37.6 Å². The molecule has 3 aromatic rings. The van der Waals surface area contributed by atoms with Gasteiger partial charge >= 0.3 is 12.1 Å². The van der Waals surface area contributed by atoms with E-state index < -0.39 is 35.6 Å². The molecular formula is C31H32ClF3N2O6. The summed E-state index contributed by atoms with van der Waals surface area (Å²) in [6, 6.07) is 13.0. The molecule has 1 aliphatic rings. The highest BCUT2D eigenvalue weighted by Crippen LogP contribution is 2.40. The molecule has 0 aliphatic carbocycles. The van der Waals surface area contributed by atoms with Gasteiger partial charge in [-0.15, -0.1) is 0 Å². The van der Waals surface area contributed by atoms with E-state index in [1.165, 1.54) is 25.2 Å². The number of halogens is 4. The summed E-state index contributed by atoms with van der Waals surface area (Å²) in [5.41, 5.74) is 0.957. The van der Waals surface area contributed by atoms with Gasteiger partial charge < -0.3 is 29.5 Å². The summed E-state index contributed by atoms with van der Waals surface area (Å²) in [6.07, 6.45) is -3.97. The minimum atomic E-state index is -4.63. The standard InChI is InChI=1S/C31H32ClF3N2O6/c1-18(30(39)40)9-11-43-25-14-23(13-24(15-25)42-3)36-28(19-4-6-22(32)7-5-19)29(38)37-10-8-20-12-21(17-41-2)26(16-27(20)37)31(33,34)35/h4-7,12-16,18,28,36H,8-11,17H2,1-3H3,(H,39,40). The van der Waals surface area contributed by atoms with Gasteiger partial charge in [0.1, 0.15) is 17.5 Å². The Bertz CT molecular complexity index is 1470. The van der Waals surface area contributed by atoms with Crippen LogP contribution in [0.3, 0.4) is 0 Å². The summed E-state index contributed by atoms with van der Waals surface area (Å²) in [4.78, 5) is 26.6. The number of fused-ring (bicyclic) bond motifs is 1. The molecule has 12 heteroatoms. The van der Waals surface area contributed by atoms with Gasteiger partial charge in [-0.25, -0.2) is 0 Å². The molecule has 8 nitrogen and oxygen atoms in total. The maximum Gasteiger partial charge on any atom is 0.416 e. The van der Waals surface area contributed by atoms with Crippen LogP contribution in [0, 0.1) is 5.92 Å². The maximum atomic E-state index is 14.1. The second-order valence-electron chi connectivity index (χ2n) is 10.2. The summed E-state index contributed by atoms with van der Waals surface area (Å²) < 4.78 is 58.1. The number of carboxylic acid groups (broad SMARTS) is 1. The predicted molar refractivity (Wildman–Crippen MR) is 156 cm³/mol. The normalized spacial score (nSPS) is 14.2. The lowest BCUT2D eigenvalue weighted by molar-refractivity contribution is -0.141. The number of carbonyl (C=O) groups is 2. The maximum absolute atomic E-state index is 14.1. The summed E-state index contributed by atoms with van der Waals surface area (Å²) in [6.45, 7) is 1.71. The molecule has 4 rings (SSSR count). The minimum absolute atomic E-state index is 0.0112. The zero-order valence-corrected chi connectivity index (χ0v) is 24.6. The molecular weight excluding hydrogens is 589 g/mol. The Morgan fingerprint density at radius 3 is 2.40 bits per heavy atom. The van der Waals surface area contributed by atoms with Crippen LogP contribution in [0.15, 0.2) is 54.6 Å². The lowest BCUT2D eigenvalue weighted by Gasteiger charge is -2.27. The largest absolute Gasteiger partial charge is 0.497 e. The number of aliphatic carboxylic acids is 1. The average molecular weight is 621 g/mol. The number of ether oxygens (including phenoxy) is 3. The van der Waals surface area contributed by atoms with E-state index in [4.69, 9.17) is 30.9 Å². The Hall–Kier alpha value is -3.96. The highest BCUT2D eigenvalue weighted by atomic mass is 35.5. The fourth-order valence-corrected chi connectivity index (χ4v) is 4.98. The van der Waals surface area contributed by atoms with Crippen molar-refractivity contribution >= 4 is 34.9 Å². The topological polar surface area (TPSA) is 97.3 Å². The van der Waals surface area contributed by atoms with Gasteiger partial charge in [0.05, 0.1) is 31.8 Å². The third kappa shape index (κ3) is 7.71. The van der Waals surface area contributed by atoms with Crippen molar-refractivity contribution in [1.29, 1.82) is 0 Å². The molecule has 1 aliphatic heterocycles. The van der Waals surface area contributed by atoms with E-state index in [-0.39, 0.29) is 37.4 Å². The highest BCUT2D eigenvalue weighted by molar-refractivity contribution is 6.30. The molecule has 0 bridgehead atoms. The van der Waals surface area contributed by atoms with Crippen LogP contribution in [0.25, 0.3) is 0 Å². The molecule has 1 amide bonds. The van der Waals surface area contributed by atoms with Crippen molar-refractivity contribution in [3.05, 3.63) is 81.9 Å². The number of nitrogens with zero attached hydrogens (tertiary/aromatic N) is 1. The van der Waals surface area contributed by atoms with Crippen LogP contribution in [0.5, 0.6) is 11.5 Å². The van der Waals surface area contributed by atoms with Crippen molar-refractivity contribution in [2.24, 2.45) is 5.92 Å². The highest BCUT2D eigenvalue weighted by Gasteiger charge is 2.38. The first-order chi connectivity index (χ1) is 20.4. The van der Waals surface area contributed by atoms with Crippen molar-refractivity contribution in [1.82, 2.24) is 0 Å². The Balaban J connectivity index is 1.68. The van der Waals surface area contributed by atoms with Crippen molar-refractivity contribution < 1.29 is 42.1 Å². The third-order valence-electron chi connectivity index (χ3n) is 7.19. The van der Waals surface area contributed by atoms with Crippen LogP contribution < -0.4 is 19.7 Å². The molecule has 2 N–H and O–H groups in total. The first-order valence-electron chi connectivity index (χ1n) is 13.5. The first kappa shape index (κ1) is 32.0. The molecule has 3 aromatic carbocycles. The molecule has 230 valence electrons. The number of nitrogens with one attached hydrogen (secondary N) is 1. The zero-order valence-electron chi connectivity index (χ0n) is 23.8. The first-order valence-corrected chi connectivity index (χ1v) is 13.9. The summed E-state index contributed by atoms with van der Waals surface area (Å²) in [5, 5.41) is 12.8. The second-order valence-corrected chi connectivity index (χ2v) is 10.6. The van der Waals surface area contributed by atoms with Crippen LogP contribution in [0.4, 0.5) is 24.5 Å². The number of hydrogen-bond donors (Lipinski definition) is 2. The number of rotatable bonds is 12. The van der Waals surface area contributed by atoms with Gasteiger partial charge in [-0.05, 0) is 47.7 Å². The van der Waals surface area contributed by atoms with Crippen LogP contribution in [-0.2, 0) is 33.5 Å². The van der Waals surface area contributed by atoms with Gasteiger partial charge in [-0.2, -0.15) is 13.2 Å². The quantitative estimate of drug-likeness (QED) is 0.231. The fourth-order valence-electron chi connectivity index (χ4n) is 4.85. The molecule has 0 saturated heterocycles. The number of carboxylic acids is 1. The van der Waals surface area contributed by atoms with E-state index in [0.29, 0.717) is 39.8 Å². The number of alkyl halides is 3. The van der Waals surface area contributed by atoms with Gasteiger partial charge in [-0.1, -0.05) is 36.7 Å². The second kappa shape index (κ2) is 13.6. The smallest absolute Gasteiger partial charge is 0.416 e. The van der Waals surface area contributed by atoms with Gasteiger partial charge in [0.15, 0.2) is 0 Å². The zero-order chi connectivity index (χ0) is 31.3. The van der Waals surface area contributed by atoms with E-state index >= 15 is 0 Å². The van der Waals surface area contributed by atoms with Crippen LogP contribution >= 0.6 is 11.6 Å². The van der Waals surface area contributed by atoms with Crippen molar-refractivity contribution in [2.45, 2.75) is 38.6 Å². The molecule has 0 spiro atoms. The van der Waals surface area contributed by atoms with Gasteiger partial charge in [0.2, 0.25) is 0 Å². The van der Waals surface area contributed by atoms with E-state index in [1.54, 1.807) is 49.4 Å². The van der Waals surface area contributed by atoms with Crippen molar-refractivity contribution in [3.8, 4) is 11.5 Å². The lowest BCUT2D eigenvalue weighted by atomic mass is 10.0. The molecule has 2 unspecified atom stereocenters. The van der Waals surface area contributed by atoms with E-state index in [0.717, 1.165) is 6.07 Å². The molecule has 2 atom stereocenters. The van der Waals surface area contributed by atoms with E-state index in [2.05, 4.69) is 5.32 Å². The van der Waals surface area contributed by atoms with Gasteiger partial charge in [0.25, 0.3) is 5.91 Å². The molecule has 0 radical (unpaired) electrons. The Kier molecular flexibility index (Phi) is 10.1. The fraction of sp³-hybridized carbons (Fsp3) is 0.355. The van der Waals surface area contributed by atoms with E-state index in [9.17, 15) is 22.8 Å².